The van der Waals surface area contributed by atoms with Gasteiger partial charge in [-0.15, -0.1) is 0 Å². The fraction of sp³-hybridized carbons (Fsp3) is 0.250. The summed E-state index contributed by atoms with van der Waals surface area (Å²) in [7, 11) is 0. The zero-order chi connectivity index (χ0) is 18.1. The lowest BCUT2D eigenvalue weighted by Gasteiger charge is -2.37. The number of nitrogens with zero attached hydrogens (tertiary/aromatic N) is 3. The second-order valence-electron chi connectivity index (χ2n) is 7.01. The van der Waals surface area contributed by atoms with Gasteiger partial charge in [0.1, 0.15) is 11.4 Å². The first-order valence-electron chi connectivity index (χ1n) is 8.56. The van der Waals surface area contributed by atoms with Gasteiger partial charge in [0.2, 0.25) is 0 Å². The second kappa shape index (κ2) is 6.29. The molecule has 0 saturated carbocycles. The van der Waals surface area contributed by atoms with E-state index in [9.17, 15) is 4.79 Å². The van der Waals surface area contributed by atoms with Gasteiger partial charge in [-0.05, 0) is 32.0 Å². The molecule has 1 atom stereocenters. The van der Waals surface area contributed by atoms with Crippen molar-refractivity contribution in [1.82, 2.24) is 20.1 Å². The van der Waals surface area contributed by atoms with Crippen molar-refractivity contribution in [1.29, 1.82) is 0 Å². The lowest BCUT2D eigenvalue weighted by molar-refractivity contribution is 0.0620. The number of rotatable bonds is 3. The molecule has 1 amide bonds. The van der Waals surface area contributed by atoms with E-state index >= 15 is 0 Å². The topological polar surface area (TPSA) is 69.0 Å². The number of benzene rings is 1. The molecule has 26 heavy (non-hydrogen) atoms. The molecule has 0 fully saturated rings. The third-order valence-corrected chi connectivity index (χ3v) is 4.44. The number of fused-ring (bicyclic) bond motifs is 1. The largest absolute Gasteiger partial charge is 0.487 e. The summed E-state index contributed by atoms with van der Waals surface area (Å²) in [4.78, 5) is 16.8. The van der Waals surface area contributed by atoms with E-state index in [1.807, 2.05) is 50.2 Å². The van der Waals surface area contributed by atoms with Crippen molar-refractivity contribution in [3.05, 3.63) is 72.3 Å². The normalized spacial score (nSPS) is 17.8. The van der Waals surface area contributed by atoms with Crippen LogP contribution in [0, 0.1) is 0 Å². The first-order valence-corrected chi connectivity index (χ1v) is 8.56. The minimum atomic E-state index is -0.341. The van der Waals surface area contributed by atoms with Crippen LogP contribution < -0.4 is 10.1 Å². The molecule has 0 aliphatic carbocycles. The average molecular weight is 348 g/mol. The van der Waals surface area contributed by atoms with Gasteiger partial charge in [-0.3, -0.25) is 9.78 Å². The molecule has 0 bridgehead atoms. The molecule has 4 rings (SSSR count). The Morgan fingerprint density at radius 1 is 1.23 bits per heavy atom. The summed E-state index contributed by atoms with van der Waals surface area (Å²) in [5.41, 5.74) is 1.98. The van der Waals surface area contributed by atoms with Gasteiger partial charge >= 0.3 is 0 Å². The third kappa shape index (κ3) is 3.18. The Bertz CT molecular complexity index is 934. The van der Waals surface area contributed by atoms with Crippen LogP contribution in [0.2, 0.25) is 0 Å². The number of para-hydroxylation sites is 1. The summed E-state index contributed by atoms with van der Waals surface area (Å²) in [6.45, 7) is 4.06. The highest BCUT2D eigenvalue weighted by molar-refractivity contribution is 5.94. The Balaban J connectivity index is 1.56. The lowest BCUT2D eigenvalue weighted by atomic mass is 9.89. The standard InChI is InChI=1S/C20H20N4O2/c1-20(2)10-17(16-7-3-4-8-18(16)26-20)23-19(25)14-11-22-24(13-14)15-6-5-9-21-12-15/h3-9,11-13,17H,10H2,1-2H3,(H,23,25)/t17-/m1/s1. The van der Waals surface area contributed by atoms with Crippen molar-refractivity contribution in [3.63, 3.8) is 0 Å². The van der Waals surface area contributed by atoms with Crippen LogP contribution in [0.1, 0.15) is 42.2 Å². The van der Waals surface area contributed by atoms with Gasteiger partial charge < -0.3 is 10.1 Å². The first-order chi connectivity index (χ1) is 12.5. The van der Waals surface area contributed by atoms with Crippen LogP contribution in [0.4, 0.5) is 0 Å². The SMILES string of the molecule is CC1(C)C[C@@H](NC(=O)c2cnn(-c3cccnc3)c2)c2ccccc2O1. The molecule has 6 heteroatoms. The van der Waals surface area contributed by atoms with Gasteiger partial charge in [-0.1, -0.05) is 18.2 Å². The molecule has 0 unspecified atom stereocenters. The van der Waals surface area contributed by atoms with E-state index in [1.165, 1.54) is 0 Å². The van der Waals surface area contributed by atoms with E-state index in [2.05, 4.69) is 15.4 Å². The highest BCUT2D eigenvalue weighted by Crippen LogP contribution is 2.39. The second-order valence-corrected chi connectivity index (χ2v) is 7.01. The minimum absolute atomic E-state index is 0.107. The summed E-state index contributed by atoms with van der Waals surface area (Å²) >= 11 is 0. The number of hydrogen-bond acceptors (Lipinski definition) is 4. The van der Waals surface area contributed by atoms with Crippen LogP contribution in [-0.2, 0) is 0 Å². The zero-order valence-corrected chi connectivity index (χ0v) is 14.7. The monoisotopic (exact) mass is 348 g/mol. The van der Waals surface area contributed by atoms with Crippen molar-refractivity contribution in [2.45, 2.75) is 31.9 Å². The third-order valence-electron chi connectivity index (χ3n) is 4.44. The Kier molecular flexibility index (Phi) is 3.95. The molecular formula is C20H20N4O2. The summed E-state index contributed by atoms with van der Waals surface area (Å²) in [6.07, 6.45) is 7.38. The zero-order valence-electron chi connectivity index (χ0n) is 14.7. The minimum Gasteiger partial charge on any atom is -0.487 e. The molecule has 1 aliphatic rings. The number of aromatic nitrogens is 3. The molecule has 0 spiro atoms. The number of nitrogens with one attached hydrogen (secondary N) is 1. The first kappa shape index (κ1) is 16.3. The number of ether oxygens (including phenoxy) is 1. The number of pyridine rings is 1. The molecule has 1 N–H and O–H groups in total. The fourth-order valence-corrected chi connectivity index (χ4v) is 3.24. The highest BCUT2D eigenvalue weighted by atomic mass is 16.5. The van der Waals surface area contributed by atoms with Crippen LogP contribution in [0.25, 0.3) is 5.69 Å². The summed E-state index contributed by atoms with van der Waals surface area (Å²) < 4.78 is 7.67. The summed E-state index contributed by atoms with van der Waals surface area (Å²) in [6, 6.07) is 11.4. The van der Waals surface area contributed by atoms with Gasteiger partial charge in [0.25, 0.3) is 5.91 Å². The lowest BCUT2D eigenvalue weighted by Crippen LogP contribution is -2.41. The van der Waals surface area contributed by atoms with Crippen LogP contribution in [0.3, 0.4) is 0 Å². The van der Waals surface area contributed by atoms with Gasteiger partial charge in [0, 0.05) is 24.4 Å². The molecule has 3 aromatic rings. The van der Waals surface area contributed by atoms with Crippen LogP contribution in [0.15, 0.2) is 61.2 Å². The summed E-state index contributed by atoms with van der Waals surface area (Å²) in [5.74, 6) is 0.665. The number of amides is 1. The smallest absolute Gasteiger partial charge is 0.254 e. The van der Waals surface area contributed by atoms with Crippen molar-refractivity contribution in [2.24, 2.45) is 0 Å². The van der Waals surface area contributed by atoms with Crippen molar-refractivity contribution < 1.29 is 9.53 Å². The predicted octanol–water partition coefficient (Wildman–Crippen LogP) is 3.30. The maximum atomic E-state index is 12.8. The summed E-state index contributed by atoms with van der Waals surface area (Å²) in [5, 5.41) is 7.39. The quantitative estimate of drug-likeness (QED) is 0.788. The number of carbonyl (C=O) groups is 1. The van der Waals surface area contributed by atoms with Gasteiger partial charge in [0.15, 0.2) is 0 Å². The molecule has 3 heterocycles. The van der Waals surface area contributed by atoms with Crippen LogP contribution in [0.5, 0.6) is 5.75 Å². The molecule has 6 nitrogen and oxygen atoms in total. The Hall–Kier alpha value is -3.15. The Morgan fingerprint density at radius 2 is 2.08 bits per heavy atom. The fourth-order valence-electron chi connectivity index (χ4n) is 3.24. The highest BCUT2D eigenvalue weighted by Gasteiger charge is 2.34. The molecule has 0 radical (unpaired) electrons. The van der Waals surface area contributed by atoms with Gasteiger partial charge in [-0.25, -0.2) is 4.68 Å². The van der Waals surface area contributed by atoms with E-state index in [-0.39, 0.29) is 17.6 Å². The van der Waals surface area contributed by atoms with E-state index in [4.69, 9.17) is 4.74 Å². The van der Waals surface area contributed by atoms with Crippen LogP contribution >= 0.6 is 0 Å². The molecule has 1 aliphatic heterocycles. The van der Waals surface area contributed by atoms with E-state index in [0.29, 0.717) is 12.0 Å². The molecule has 132 valence electrons. The number of hydrogen-bond donors (Lipinski definition) is 1. The Labute approximate surface area is 151 Å². The van der Waals surface area contributed by atoms with Crippen molar-refractivity contribution in [2.75, 3.05) is 0 Å². The molecular weight excluding hydrogens is 328 g/mol. The van der Waals surface area contributed by atoms with Gasteiger partial charge in [0.05, 0.1) is 29.7 Å². The molecule has 0 saturated heterocycles. The van der Waals surface area contributed by atoms with E-state index in [0.717, 1.165) is 17.0 Å². The maximum Gasteiger partial charge on any atom is 0.254 e. The number of carbonyl (C=O) groups excluding carboxylic acids is 1. The van der Waals surface area contributed by atoms with Gasteiger partial charge in [-0.2, -0.15) is 5.10 Å². The molecule has 2 aromatic heterocycles. The maximum absolute atomic E-state index is 12.8. The van der Waals surface area contributed by atoms with E-state index in [1.54, 1.807) is 29.5 Å². The Morgan fingerprint density at radius 3 is 2.88 bits per heavy atom. The molecule has 1 aromatic carbocycles. The van der Waals surface area contributed by atoms with E-state index < -0.39 is 0 Å². The van der Waals surface area contributed by atoms with Crippen LogP contribution in [-0.4, -0.2) is 26.3 Å². The van der Waals surface area contributed by atoms with Crippen molar-refractivity contribution in [3.8, 4) is 11.4 Å². The predicted molar refractivity (Wildman–Crippen MR) is 97.3 cm³/mol. The average Bonchev–Trinajstić information content (AvgIpc) is 3.12. The van der Waals surface area contributed by atoms with Crippen molar-refractivity contribution >= 4 is 5.91 Å².